The van der Waals surface area contributed by atoms with Crippen LogP contribution in [0.2, 0.25) is 0 Å². The van der Waals surface area contributed by atoms with Gasteiger partial charge in [0.05, 0.1) is 56.3 Å². The van der Waals surface area contributed by atoms with Crippen molar-refractivity contribution in [2.45, 2.75) is 44.8 Å². The van der Waals surface area contributed by atoms with Gasteiger partial charge in [0, 0.05) is 18.7 Å². The summed E-state index contributed by atoms with van der Waals surface area (Å²) in [7, 11) is 0. The van der Waals surface area contributed by atoms with Gasteiger partial charge in [0.1, 0.15) is 23.7 Å². The zero-order valence-corrected chi connectivity index (χ0v) is 24.2. The number of nitrogens with one attached hydrogen (secondary N) is 2. The first-order valence-corrected chi connectivity index (χ1v) is 14.3. The Balaban J connectivity index is 1.01. The standard InChI is InChI=1S/C28H34N8O8/c1-2-20(35-16-44-15-22(35)25(29)38)19-14-34(33-32-19)9-11-43-13-12-42-10-8-30-18-5-3-4-17-24(18)28(41)36(27(17)40)21-6-7-23(37)31-26(21)39/h3-5,14-15,20-21,30H,2,6-13,16H2,1H3,(H2,29,38)(H,31,37,39). The number of aromatic nitrogens is 3. The number of benzene rings is 1. The van der Waals surface area contributed by atoms with Gasteiger partial charge in [-0.3, -0.25) is 34.2 Å². The van der Waals surface area contributed by atoms with Gasteiger partial charge in [0.25, 0.3) is 17.7 Å². The predicted molar refractivity (Wildman–Crippen MR) is 151 cm³/mol. The van der Waals surface area contributed by atoms with Crippen LogP contribution in [0.4, 0.5) is 5.69 Å². The minimum atomic E-state index is -1.02. The third-order valence-corrected chi connectivity index (χ3v) is 7.50. The summed E-state index contributed by atoms with van der Waals surface area (Å²) in [5.74, 6) is -2.76. The Hall–Kier alpha value is -4.83. The molecule has 1 aromatic heterocycles. The van der Waals surface area contributed by atoms with Crippen molar-refractivity contribution < 1.29 is 38.2 Å². The van der Waals surface area contributed by atoms with Crippen LogP contribution in [0.3, 0.4) is 0 Å². The molecule has 16 heteroatoms. The summed E-state index contributed by atoms with van der Waals surface area (Å²) in [6.07, 6.45) is 4.00. The SMILES string of the molecule is CCC(c1cn(CCOCCOCCNc2cccc3c2C(=O)N(C2CCC(=O)NC2=O)C3=O)nn1)N1COC=C1C(N)=O. The molecule has 4 N–H and O–H groups in total. The molecule has 0 aliphatic carbocycles. The van der Waals surface area contributed by atoms with Gasteiger partial charge in [-0.25, -0.2) is 4.68 Å². The molecular formula is C28H34N8O8. The molecule has 2 atom stereocenters. The van der Waals surface area contributed by atoms with Crippen molar-refractivity contribution in [1.82, 2.24) is 30.1 Å². The maximum absolute atomic E-state index is 13.2. The van der Waals surface area contributed by atoms with Crippen LogP contribution >= 0.6 is 0 Å². The number of hydrogen-bond donors (Lipinski definition) is 3. The van der Waals surface area contributed by atoms with Crippen LogP contribution in [0.5, 0.6) is 0 Å². The number of primary amides is 1. The van der Waals surface area contributed by atoms with Crippen molar-refractivity contribution in [3.05, 3.63) is 53.2 Å². The van der Waals surface area contributed by atoms with Gasteiger partial charge >= 0.3 is 0 Å². The minimum absolute atomic E-state index is 0.0597. The number of imide groups is 2. The van der Waals surface area contributed by atoms with Gasteiger partial charge < -0.3 is 30.2 Å². The summed E-state index contributed by atoms with van der Waals surface area (Å²) in [5, 5.41) is 13.7. The van der Waals surface area contributed by atoms with Gasteiger partial charge in [0.15, 0.2) is 6.73 Å². The molecule has 2 unspecified atom stereocenters. The van der Waals surface area contributed by atoms with Crippen molar-refractivity contribution in [3.63, 3.8) is 0 Å². The monoisotopic (exact) mass is 610 g/mol. The maximum Gasteiger partial charge on any atom is 0.268 e. The van der Waals surface area contributed by atoms with E-state index in [-0.39, 0.29) is 36.7 Å². The molecule has 1 fully saturated rings. The van der Waals surface area contributed by atoms with Gasteiger partial charge in [-0.15, -0.1) is 5.10 Å². The Labute approximate surface area is 252 Å². The molecule has 44 heavy (non-hydrogen) atoms. The first-order chi connectivity index (χ1) is 21.3. The molecule has 0 spiro atoms. The smallest absolute Gasteiger partial charge is 0.268 e. The second-order valence-corrected chi connectivity index (χ2v) is 10.3. The van der Waals surface area contributed by atoms with Gasteiger partial charge in [-0.1, -0.05) is 18.2 Å². The van der Waals surface area contributed by atoms with Crippen LogP contribution in [0.1, 0.15) is 58.6 Å². The highest BCUT2D eigenvalue weighted by molar-refractivity contribution is 6.25. The number of hydrogen-bond acceptors (Lipinski definition) is 12. The number of ether oxygens (including phenoxy) is 3. The van der Waals surface area contributed by atoms with E-state index in [9.17, 15) is 24.0 Å². The lowest BCUT2D eigenvalue weighted by Crippen LogP contribution is -2.54. The summed E-state index contributed by atoms with van der Waals surface area (Å²) < 4.78 is 18.2. The number of carbonyl (C=O) groups is 5. The van der Waals surface area contributed by atoms with Crippen LogP contribution in [0.15, 0.2) is 36.4 Å². The average Bonchev–Trinajstić information content (AvgIpc) is 3.73. The van der Waals surface area contributed by atoms with Gasteiger partial charge in [-0.2, -0.15) is 0 Å². The van der Waals surface area contributed by atoms with E-state index in [0.717, 1.165) is 4.90 Å². The number of piperidine rings is 1. The number of nitrogens with two attached hydrogens (primary N) is 1. The number of fused-ring (bicyclic) bond motifs is 1. The molecule has 5 rings (SSSR count). The molecule has 0 bridgehead atoms. The van der Waals surface area contributed by atoms with Crippen LogP contribution in [0, 0.1) is 0 Å². The van der Waals surface area contributed by atoms with E-state index < -0.39 is 35.6 Å². The summed E-state index contributed by atoms with van der Waals surface area (Å²) in [4.78, 5) is 64.3. The molecule has 3 aliphatic heterocycles. The molecule has 0 radical (unpaired) electrons. The summed E-state index contributed by atoms with van der Waals surface area (Å²) in [6, 6.07) is 3.67. The Morgan fingerprint density at radius 2 is 1.95 bits per heavy atom. The van der Waals surface area contributed by atoms with Crippen LogP contribution in [-0.4, -0.2) is 100 Å². The van der Waals surface area contributed by atoms with Gasteiger partial charge in [0.2, 0.25) is 11.8 Å². The Morgan fingerprint density at radius 3 is 2.70 bits per heavy atom. The zero-order chi connectivity index (χ0) is 31.2. The van der Waals surface area contributed by atoms with Crippen molar-refractivity contribution in [1.29, 1.82) is 0 Å². The molecule has 16 nitrogen and oxygen atoms in total. The molecule has 4 heterocycles. The van der Waals surface area contributed by atoms with E-state index in [0.29, 0.717) is 63.0 Å². The minimum Gasteiger partial charge on any atom is -0.478 e. The van der Waals surface area contributed by atoms with E-state index in [4.69, 9.17) is 19.9 Å². The molecule has 234 valence electrons. The molecule has 1 aromatic carbocycles. The fourth-order valence-electron chi connectivity index (χ4n) is 5.36. The summed E-state index contributed by atoms with van der Waals surface area (Å²) in [5.41, 5.74) is 7.31. The number of amides is 5. The second kappa shape index (κ2) is 13.6. The third kappa shape index (κ3) is 6.40. The first-order valence-electron chi connectivity index (χ1n) is 14.3. The van der Waals surface area contributed by atoms with Crippen LogP contribution in [-0.2, 0) is 35.1 Å². The highest BCUT2D eigenvalue weighted by Crippen LogP contribution is 2.32. The second-order valence-electron chi connectivity index (χ2n) is 10.3. The zero-order valence-electron chi connectivity index (χ0n) is 24.2. The van der Waals surface area contributed by atoms with Crippen molar-refractivity contribution in [2.24, 2.45) is 5.73 Å². The van der Waals surface area contributed by atoms with E-state index >= 15 is 0 Å². The molecule has 0 saturated carbocycles. The lowest BCUT2D eigenvalue weighted by atomic mass is 10.0. The average molecular weight is 611 g/mol. The highest BCUT2D eigenvalue weighted by Gasteiger charge is 2.45. The number of anilines is 1. The van der Waals surface area contributed by atoms with Crippen LogP contribution in [0.25, 0.3) is 0 Å². The topological polar surface area (TPSA) is 200 Å². The van der Waals surface area contributed by atoms with Crippen molar-refractivity contribution >= 4 is 35.2 Å². The molecule has 5 amide bonds. The lowest BCUT2D eigenvalue weighted by molar-refractivity contribution is -0.136. The Kier molecular flexibility index (Phi) is 9.50. The Morgan fingerprint density at radius 1 is 1.16 bits per heavy atom. The van der Waals surface area contributed by atoms with Crippen molar-refractivity contribution in [3.8, 4) is 0 Å². The molecule has 1 saturated heterocycles. The summed E-state index contributed by atoms with van der Waals surface area (Å²) >= 11 is 0. The van der Waals surface area contributed by atoms with Crippen LogP contribution < -0.4 is 16.4 Å². The van der Waals surface area contributed by atoms with Gasteiger partial charge in [-0.05, 0) is 25.0 Å². The van der Waals surface area contributed by atoms with E-state index in [1.807, 2.05) is 6.92 Å². The molecule has 3 aliphatic rings. The largest absolute Gasteiger partial charge is 0.478 e. The van der Waals surface area contributed by atoms with E-state index in [2.05, 4.69) is 20.9 Å². The first kappa shape index (κ1) is 30.6. The molecular weight excluding hydrogens is 576 g/mol. The summed E-state index contributed by atoms with van der Waals surface area (Å²) in [6.45, 7) is 4.43. The maximum atomic E-state index is 13.2. The third-order valence-electron chi connectivity index (χ3n) is 7.50. The Bertz CT molecular complexity index is 1470. The van der Waals surface area contributed by atoms with E-state index in [1.165, 1.54) is 6.26 Å². The lowest BCUT2D eigenvalue weighted by Gasteiger charge is -2.27. The normalized spacial score (nSPS) is 18.7. The molecule has 2 aromatic rings. The fraction of sp³-hybridized carbons (Fsp3) is 0.464. The highest BCUT2D eigenvalue weighted by atomic mass is 16.5. The fourth-order valence-corrected chi connectivity index (χ4v) is 5.36. The number of nitrogens with zero attached hydrogens (tertiary/aromatic N) is 5. The predicted octanol–water partition coefficient (Wildman–Crippen LogP) is -0.108. The quantitative estimate of drug-likeness (QED) is 0.179. The van der Waals surface area contributed by atoms with E-state index in [1.54, 1.807) is 34.0 Å². The number of rotatable bonds is 15. The van der Waals surface area contributed by atoms with Crippen molar-refractivity contribution in [2.75, 3.05) is 45.0 Å². The number of carbonyl (C=O) groups excluding carboxylic acids is 5.